The molecule has 9 heteroatoms. The summed E-state index contributed by atoms with van der Waals surface area (Å²) in [7, 11) is 1.94. The number of carbonyl (C=O) groups excluding carboxylic acids is 1. The first-order valence-electron chi connectivity index (χ1n) is 9.40. The average Bonchev–Trinajstić information content (AvgIpc) is 3.23. The Kier molecular flexibility index (Phi) is 4.37. The number of hydrazone groups is 1. The van der Waals surface area contributed by atoms with Crippen LogP contribution in [-0.4, -0.2) is 57.3 Å². The molecule has 0 aromatic carbocycles. The quantitative estimate of drug-likeness (QED) is 0.743. The highest BCUT2D eigenvalue weighted by atomic mass is 16.2. The highest BCUT2D eigenvalue weighted by Gasteiger charge is 2.44. The maximum atomic E-state index is 12.9. The third-order valence-electron chi connectivity index (χ3n) is 5.47. The summed E-state index contributed by atoms with van der Waals surface area (Å²) < 4.78 is 0. The number of aromatic amines is 1. The van der Waals surface area contributed by atoms with Crippen LogP contribution in [0.2, 0.25) is 0 Å². The van der Waals surface area contributed by atoms with E-state index in [1.54, 1.807) is 12.4 Å². The SMILES string of the molecule is Cc1cc(NC(=O)C2=NN(C3CCCC(C)C3)C3C2=C(N)N=CN3C)n[nH]1. The number of aromatic nitrogens is 2. The van der Waals surface area contributed by atoms with Gasteiger partial charge in [0.05, 0.1) is 18.0 Å². The molecule has 1 aliphatic carbocycles. The van der Waals surface area contributed by atoms with Crippen molar-refractivity contribution in [2.75, 3.05) is 12.4 Å². The van der Waals surface area contributed by atoms with Crippen molar-refractivity contribution in [2.24, 2.45) is 21.7 Å². The molecule has 4 rings (SSSR count). The van der Waals surface area contributed by atoms with Crippen LogP contribution in [0.15, 0.2) is 27.6 Å². The minimum absolute atomic E-state index is 0.195. The molecule has 3 aliphatic rings. The molecule has 1 aromatic rings. The van der Waals surface area contributed by atoms with Crippen LogP contribution < -0.4 is 11.1 Å². The normalized spacial score (nSPS) is 27.7. The highest BCUT2D eigenvalue weighted by molar-refractivity contribution is 6.49. The predicted octanol–water partition coefficient (Wildman–Crippen LogP) is 1.38. The Morgan fingerprint density at radius 1 is 1.41 bits per heavy atom. The first-order chi connectivity index (χ1) is 12.9. The minimum Gasteiger partial charge on any atom is -0.383 e. The van der Waals surface area contributed by atoms with Crippen molar-refractivity contribution in [1.82, 2.24) is 20.1 Å². The molecule has 0 bridgehead atoms. The van der Waals surface area contributed by atoms with E-state index in [2.05, 4.69) is 27.4 Å². The number of nitrogens with one attached hydrogen (secondary N) is 2. The third kappa shape index (κ3) is 3.17. The summed E-state index contributed by atoms with van der Waals surface area (Å²) in [4.78, 5) is 19.1. The van der Waals surface area contributed by atoms with Crippen LogP contribution in [0.3, 0.4) is 0 Å². The molecule has 9 nitrogen and oxygen atoms in total. The number of aliphatic imine (C=N–C) groups is 1. The van der Waals surface area contributed by atoms with Crippen molar-refractivity contribution in [3.8, 4) is 0 Å². The van der Waals surface area contributed by atoms with Gasteiger partial charge in [-0.1, -0.05) is 19.8 Å². The second-order valence-electron chi connectivity index (χ2n) is 7.73. The van der Waals surface area contributed by atoms with Crippen LogP contribution in [0.1, 0.15) is 38.3 Å². The van der Waals surface area contributed by atoms with Gasteiger partial charge in [0.15, 0.2) is 17.7 Å². The molecule has 4 N–H and O–H groups in total. The fourth-order valence-corrected chi connectivity index (χ4v) is 4.16. The first-order valence-corrected chi connectivity index (χ1v) is 9.40. The maximum Gasteiger partial charge on any atom is 0.277 e. The number of anilines is 1. The Hall–Kier alpha value is -2.84. The van der Waals surface area contributed by atoms with Crippen LogP contribution in [0, 0.1) is 12.8 Å². The minimum atomic E-state index is -0.318. The highest BCUT2D eigenvalue weighted by Crippen LogP contribution is 2.36. The van der Waals surface area contributed by atoms with Crippen molar-refractivity contribution < 1.29 is 4.79 Å². The average molecular weight is 370 g/mol. The van der Waals surface area contributed by atoms with E-state index < -0.39 is 0 Å². The van der Waals surface area contributed by atoms with Gasteiger partial charge in [-0.25, -0.2) is 4.99 Å². The van der Waals surface area contributed by atoms with Crippen molar-refractivity contribution in [3.05, 3.63) is 23.2 Å². The van der Waals surface area contributed by atoms with Gasteiger partial charge in [-0.3, -0.25) is 14.9 Å². The number of nitrogens with zero attached hydrogens (tertiary/aromatic N) is 5. The zero-order valence-electron chi connectivity index (χ0n) is 15.9. The number of rotatable bonds is 3. The van der Waals surface area contributed by atoms with Crippen molar-refractivity contribution in [3.63, 3.8) is 0 Å². The Morgan fingerprint density at radius 3 is 2.93 bits per heavy atom. The van der Waals surface area contributed by atoms with E-state index in [0.29, 0.717) is 28.8 Å². The van der Waals surface area contributed by atoms with Gasteiger partial charge in [0, 0.05) is 18.8 Å². The number of H-pyrrole nitrogens is 1. The summed E-state index contributed by atoms with van der Waals surface area (Å²) in [5.74, 6) is 1.14. The molecule has 1 fully saturated rings. The Labute approximate surface area is 158 Å². The number of fused-ring (bicyclic) bond motifs is 1. The number of likely N-dealkylation sites (N-methyl/N-ethyl adjacent to an activating group) is 1. The molecular formula is C18H26N8O. The van der Waals surface area contributed by atoms with Crippen molar-refractivity contribution >= 4 is 23.8 Å². The van der Waals surface area contributed by atoms with Crippen LogP contribution in [0.5, 0.6) is 0 Å². The predicted molar refractivity (Wildman–Crippen MR) is 104 cm³/mol. The molecule has 3 unspecified atom stereocenters. The van der Waals surface area contributed by atoms with E-state index in [1.165, 1.54) is 12.8 Å². The van der Waals surface area contributed by atoms with Gasteiger partial charge in [-0.2, -0.15) is 10.2 Å². The van der Waals surface area contributed by atoms with Gasteiger partial charge < -0.3 is 16.0 Å². The van der Waals surface area contributed by atoms with Gasteiger partial charge in [0.25, 0.3) is 5.91 Å². The maximum absolute atomic E-state index is 12.9. The molecule has 1 aromatic heterocycles. The molecule has 3 heterocycles. The summed E-state index contributed by atoms with van der Waals surface area (Å²) in [6, 6.07) is 2.06. The van der Waals surface area contributed by atoms with E-state index in [9.17, 15) is 4.79 Å². The lowest BCUT2D eigenvalue weighted by Gasteiger charge is -2.40. The fourth-order valence-electron chi connectivity index (χ4n) is 4.16. The van der Waals surface area contributed by atoms with Crippen molar-refractivity contribution in [2.45, 2.75) is 51.7 Å². The van der Waals surface area contributed by atoms with Gasteiger partial charge >= 0.3 is 0 Å². The smallest absolute Gasteiger partial charge is 0.277 e. The first kappa shape index (κ1) is 17.6. The summed E-state index contributed by atoms with van der Waals surface area (Å²) >= 11 is 0. The number of nitrogens with two attached hydrogens (primary N) is 1. The molecule has 0 spiro atoms. The van der Waals surface area contributed by atoms with Gasteiger partial charge in [-0.15, -0.1) is 0 Å². The topological polar surface area (TPSA) is 115 Å². The summed E-state index contributed by atoms with van der Waals surface area (Å²) in [6.07, 6.45) is 6.05. The second kappa shape index (κ2) is 6.71. The number of hydrogen-bond donors (Lipinski definition) is 3. The van der Waals surface area contributed by atoms with E-state index in [1.807, 2.05) is 23.9 Å². The number of hydrogen-bond acceptors (Lipinski definition) is 7. The molecule has 144 valence electrons. The van der Waals surface area contributed by atoms with Crippen molar-refractivity contribution in [1.29, 1.82) is 0 Å². The number of amides is 1. The molecule has 1 amide bonds. The summed E-state index contributed by atoms with van der Waals surface area (Å²) in [5, 5.41) is 16.5. The fraction of sp³-hybridized carbons (Fsp3) is 0.556. The van der Waals surface area contributed by atoms with Gasteiger partial charge in [-0.05, 0) is 25.7 Å². The second-order valence-corrected chi connectivity index (χ2v) is 7.73. The van der Waals surface area contributed by atoms with E-state index in [-0.39, 0.29) is 18.1 Å². The lowest BCUT2D eigenvalue weighted by atomic mass is 9.86. The third-order valence-corrected chi connectivity index (χ3v) is 5.47. The molecule has 27 heavy (non-hydrogen) atoms. The zero-order chi connectivity index (χ0) is 19.1. The van der Waals surface area contributed by atoms with E-state index in [0.717, 1.165) is 18.5 Å². The van der Waals surface area contributed by atoms with E-state index in [4.69, 9.17) is 10.8 Å². The van der Waals surface area contributed by atoms with Crippen LogP contribution in [0.4, 0.5) is 5.82 Å². The van der Waals surface area contributed by atoms with Gasteiger partial charge in [0.2, 0.25) is 0 Å². The lowest BCUT2D eigenvalue weighted by Crippen LogP contribution is -2.50. The van der Waals surface area contributed by atoms with Crippen LogP contribution in [-0.2, 0) is 4.79 Å². The van der Waals surface area contributed by atoms with Crippen LogP contribution in [0.25, 0.3) is 0 Å². The Morgan fingerprint density at radius 2 is 2.22 bits per heavy atom. The lowest BCUT2D eigenvalue weighted by molar-refractivity contribution is -0.110. The van der Waals surface area contributed by atoms with Crippen LogP contribution >= 0.6 is 0 Å². The summed E-state index contributed by atoms with van der Waals surface area (Å²) in [5.41, 5.74) is 8.03. The molecule has 2 aliphatic heterocycles. The number of aryl methyl sites for hydroxylation is 1. The molecule has 0 radical (unpaired) electrons. The molecule has 1 saturated carbocycles. The molecular weight excluding hydrogens is 344 g/mol. The molecule has 3 atom stereocenters. The number of carbonyl (C=O) groups is 1. The Bertz CT molecular complexity index is 838. The monoisotopic (exact) mass is 370 g/mol. The standard InChI is InChI=1S/C18H26N8O/c1-10-5-4-6-12(7-10)26-18-14(16(19)20-9-25(18)3)15(24-26)17(27)21-13-8-11(2)22-23-13/h8-10,12,18H,4-7,19H2,1-3H3,(H2,21,22,23,27). The zero-order valence-corrected chi connectivity index (χ0v) is 15.9. The summed E-state index contributed by atoms with van der Waals surface area (Å²) in [6.45, 7) is 4.15. The van der Waals surface area contributed by atoms with Gasteiger partial charge in [0.1, 0.15) is 5.82 Å². The Balaban J connectivity index is 1.66. The van der Waals surface area contributed by atoms with E-state index >= 15 is 0 Å². The molecule has 0 saturated heterocycles. The largest absolute Gasteiger partial charge is 0.383 e.